The third-order valence-electron chi connectivity index (χ3n) is 3.39. The van der Waals surface area contributed by atoms with Crippen LogP contribution in [0.1, 0.15) is 58.3 Å². The molecule has 1 saturated heterocycles. The van der Waals surface area contributed by atoms with Crippen molar-refractivity contribution in [3.8, 4) is 0 Å². The van der Waals surface area contributed by atoms with Crippen molar-refractivity contribution in [3.05, 3.63) is 12.7 Å². The van der Waals surface area contributed by atoms with E-state index in [2.05, 4.69) is 24.9 Å². The van der Waals surface area contributed by atoms with Crippen LogP contribution in [-0.4, -0.2) is 12.1 Å². The number of nitrogens with one attached hydrogen (secondary N) is 1. The Morgan fingerprint density at radius 1 is 1.29 bits per heavy atom. The molecule has 0 aliphatic carbocycles. The first-order valence-electron chi connectivity index (χ1n) is 6.19. The van der Waals surface area contributed by atoms with Crippen LogP contribution in [0.2, 0.25) is 0 Å². The van der Waals surface area contributed by atoms with Crippen molar-refractivity contribution in [2.75, 3.05) is 6.54 Å². The van der Waals surface area contributed by atoms with Crippen molar-refractivity contribution in [1.29, 1.82) is 0 Å². The summed E-state index contributed by atoms with van der Waals surface area (Å²) in [5.74, 6) is 0. The lowest BCUT2D eigenvalue weighted by Gasteiger charge is -2.33. The Morgan fingerprint density at radius 3 is 2.86 bits per heavy atom. The van der Waals surface area contributed by atoms with Gasteiger partial charge in [-0.1, -0.05) is 32.3 Å². The average molecular weight is 195 g/mol. The maximum atomic E-state index is 3.83. The minimum absolute atomic E-state index is 0.444. The highest BCUT2D eigenvalue weighted by atomic mass is 15.0. The molecule has 1 fully saturated rings. The monoisotopic (exact) mass is 195 g/mol. The quantitative estimate of drug-likeness (QED) is 0.660. The summed E-state index contributed by atoms with van der Waals surface area (Å²) < 4.78 is 0. The topological polar surface area (TPSA) is 12.0 Å². The highest BCUT2D eigenvalue weighted by Gasteiger charge is 2.28. The zero-order valence-corrected chi connectivity index (χ0v) is 9.65. The molecule has 0 radical (unpaired) electrons. The predicted octanol–water partition coefficient (Wildman–Crippen LogP) is 3.66. The van der Waals surface area contributed by atoms with Gasteiger partial charge >= 0.3 is 0 Å². The maximum Gasteiger partial charge on any atom is 0.0184 e. The average Bonchev–Trinajstić information content (AvgIpc) is 2.42. The Kier molecular flexibility index (Phi) is 5.24. The molecular formula is C13H25N. The molecular weight excluding hydrogens is 170 g/mol. The Balaban J connectivity index is 2.51. The second-order valence-corrected chi connectivity index (χ2v) is 4.60. The van der Waals surface area contributed by atoms with Crippen LogP contribution in [-0.2, 0) is 0 Å². The highest BCUT2D eigenvalue weighted by Crippen LogP contribution is 2.28. The first-order valence-corrected chi connectivity index (χ1v) is 6.19. The molecule has 0 spiro atoms. The van der Waals surface area contributed by atoms with Crippen molar-refractivity contribution in [3.63, 3.8) is 0 Å². The zero-order chi connectivity index (χ0) is 10.3. The summed E-state index contributed by atoms with van der Waals surface area (Å²) in [5.41, 5.74) is 0.444. The first-order chi connectivity index (χ1) is 6.83. The van der Waals surface area contributed by atoms with Crippen molar-refractivity contribution < 1.29 is 0 Å². The smallest absolute Gasteiger partial charge is 0.0184 e. The van der Waals surface area contributed by atoms with E-state index in [0.29, 0.717) is 5.54 Å². The molecule has 1 heteroatoms. The van der Waals surface area contributed by atoms with Crippen LogP contribution in [0, 0.1) is 0 Å². The van der Waals surface area contributed by atoms with Crippen molar-refractivity contribution in [1.82, 2.24) is 5.32 Å². The van der Waals surface area contributed by atoms with Crippen LogP contribution in [0.3, 0.4) is 0 Å². The van der Waals surface area contributed by atoms with Crippen molar-refractivity contribution >= 4 is 0 Å². The molecule has 1 nitrogen and oxygen atoms in total. The third-order valence-corrected chi connectivity index (χ3v) is 3.39. The van der Waals surface area contributed by atoms with Gasteiger partial charge in [-0.2, -0.15) is 0 Å². The van der Waals surface area contributed by atoms with E-state index in [1.165, 1.54) is 51.5 Å². The third kappa shape index (κ3) is 3.45. The van der Waals surface area contributed by atoms with Gasteiger partial charge in [-0.3, -0.25) is 0 Å². The number of allylic oxidation sites excluding steroid dienone is 1. The lowest BCUT2D eigenvalue weighted by molar-refractivity contribution is 0.272. The standard InChI is InChI=1S/C13H25N/c1-3-5-10-13(9-4-2)11-7-6-8-12-14-13/h3,14H,1,4-12H2,2H3. The van der Waals surface area contributed by atoms with Crippen LogP contribution in [0.5, 0.6) is 0 Å². The predicted molar refractivity (Wildman–Crippen MR) is 63.5 cm³/mol. The molecule has 1 rings (SSSR count). The molecule has 1 heterocycles. The van der Waals surface area contributed by atoms with Crippen molar-refractivity contribution in [2.24, 2.45) is 0 Å². The van der Waals surface area contributed by atoms with Gasteiger partial charge in [0.15, 0.2) is 0 Å². The summed E-state index contributed by atoms with van der Waals surface area (Å²) in [6, 6.07) is 0. The molecule has 1 atom stereocenters. The molecule has 1 aliphatic heterocycles. The number of hydrogen-bond donors (Lipinski definition) is 1. The molecule has 82 valence electrons. The number of rotatable bonds is 5. The fourth-order valence-corrected chi connectivity index (χ4v) is 2.62. The molecule has 0 bridgehead atoms. The molecule has 0 aromatic carbocycles. The molecule has 0 amide bonds. The van der Waals surface area contributed by atoms with Crippen LogP contribution < -0.4 is 5.32 Å². The SMILES string of the molecule is C=CCCC1(CCC)CCCCCN1. The molecule has 1 aliphatic rings. The minimum atomic E-state index is 0.444. The first kappa shape index (κ1) is 11.8. The molecule has 0 aromatic rings. The summed E-state index contributed by atoms with van der Waals surface area (Å²) in [4.78, 5) is 0. The summed E-state index contributed by atoms with van der Waals surface area (Å²) in [6.07, 6.45) is 12.7. The van der Waals surface area contributed by atoms with E-state index in [9.17, 15) is 0 Å². The van der Waals surface area contributed by atoms with Gasteiger partial charge in [-0.25, -0.2) is 0 Å². The molecule has 0 aromatic heterocycles. The summed E-state index contributed by atoms with van der Waals surface area (Å²) >= 11 is 0. The summed E-state index contributed by atoms with van der Waals surface area (Å²) in [6.45, 7) is 7.35. The Morgan fingerprint density at radius 2 is 2.14 bits per heavy atom. The van der Waals surface area contributed by atoms with E-state index < -0.39 is 0 Å². The minimum Gasteiger partial charge on any atom is -0.311 e. The number of hydrogen-bond acceptors (Lipinski definition) is 1. The van der Waals surface area contributed by atoms with Gasteiger partial charge in [0.1, 0.15) is 0 Å². The van der Waals surface area contributed by atoms with Crippen LogP contribution >= 0.6 is 0 Å². The zero-order valence-electron chi connectivity index (χ0n) is 9.65. The highest BCUT2D eigenvalue weighted by molar-refractivity contribution is 4.91. The van der Waals surface area contributed by atoms with E-state index >= 15 is 0 Å². The van der Waals surface area contributed by atoms with Crippen LogP contribution in [0.4, 0.5) is 0 Å². The summed E-state index contributed by atoms with van der Waals surface area (Å²) in [7, 11) is 0. The van der Waals surface area contributed by atoms with E-state index in [1.807, 2.05) is 0 Å². The second-order valence-electron chi connectivity index (χ2n) is 4.60. The molecule has 1 unspecified atom stereocenters. The molecule has 0 saturated carbocycles. The molecule has 1 N–H and O–H groups in total. The van der Waals surface area contributed by atoms with Gasteiger partial charge in [0, 0.05) is 5.54 Å². The Bertz CT molecular complexity index is 155. The van der Waals surface area contributed by atoms with Crippen LogP contribution in [0.25, 0.3) is 0 Å². The van der Waals surface area contributed by atoms with E-state index in [4.69, 9.17) is 0 Å². The van der Waals surface area contributed by atoms with E-state index in [-0.39, 0.29) is 0 Å². The van der Waals surface area contributed by atoms with Gasteiger partial charge in [0.2, 0.25) is 0 Å². The van der Waals surface area contributed by atoms with Gasteiger partial charge in [0.25, 0.3) is 0 Å². The van der Waals surface area contributed by atoms with E-state index in [0.717, 1.165) is 6.42 Å². The fourth-order valence-electron chi connectivity index (χ4n) is 2.62. The Labute approximate surface area is 89.0 Å². The van der Waals surface area contributed by atoms with E-state index in [1.54, 1.807) is 0 Å². The fraction of sp³-hybridized carbons (Fsp3) is 0.846. The summed E-state index contributed by atoms with van der Waals surface area (Å²) in [5, 5.41) is 3.78. The Hall–Kier alpha value is -0.300. The van der Waals surface area contributed by atoms with Gasteiger partial charge in [0.05, 0.1) is 0 Å². The van der Waals surface area contributed by atoms with Gasteiger partial charge in [-0.05, 0) is 38.6 Å². The lowest BCUT2D eigenvalue weighted by atomic mass is 9.84. The maximum absolute atomic E-state index is 3.83. The van der Waals surface area contributed by atoms with Crippen molar-refractivity contribution in [2.45, 2.75) is 63.8 Å². The van der Waals surface area contributed by atoms with Gasteiger partial charge < -0.3 is 5.32 Å². The normalized spacial score (nSPS) is 28.4. The molecule has 14 heavy (non-hydrogen) atoms. The van der Waals surface area contributed by atoms with Crippen LogP contribution in [0.15, 0.2) is 12.7 Å². The largest absolute Gasteiger partial charge is 0.311 e. The lowest BCUT2D eigenvalue weighted by Crippen LogP contribution is -2.44. The second kappa shape index (κ2) is 6.23. The van der Waals surface area contributed by atoms with Gasteiger partial charge in [-0.15, -0.1) is 6.58 Å².